The molecule has 7 heteroatoms. The lowest BCUT2D eigenvalue weighted by Gasteiger charge is -2.15. The van der Waals surface area contributed by atoms with Gasteiger partial charge in [-0.05, 0) is 13.0 Å². The van der Waals surface area contributed by atoms with Crippen molar-refractivity contribution in [2.45, 2.75) is 18.6 Å². The molecule has 0 amide bonds. The summed E-state index contributed by atoms with van der Waals surface area (Å²) in [5.74, 6) is 0. The van der Waals surface area contributed by atoms with Crippen molar-refractivity contribution in [1.82, 2.24) is 4.90 Å². The highest BCUT2D eigenvalue weighted by Gasteiger charge is 2.27. The van der Waals surface area contributed by atoms with Crippen molar-refractivity contribution in [3.63, 3.8) is 0 Å². The largest absolute Gasteiger partial charge is 0.411 e. The summed E-state index contributed by atoms with van der Waals surface area (Å²) in [4.78, 5) is 2.01. The van der Waals surface area contributed by atoms with Crippen LogP contribution in [0.1, 0.15) is 6.42 Å². The van der Waals surface area contributed by atoms with E-state index in [2.05, 4.69) is 4.74 Å². The van der Waals surface area contributed by atoms with E-state index in [1.54, 1.807) is 0 Å². The van der Waals surface area contributed by atoms with Crippen LogP contribution >= 0.6 is 12.4 Å². The molecule has 1 atom stereocenters. The monoisotopic (exact) mass is 248 g/mol. The van der Waals surface area contributed by atoms with E-state index >= 15 is 0 Å². The number of hydrogen-bond donors (Lipinski definition) is 1. The van der Waals surface area contributed by atoms with Crippen LogP contribution in [0.15, 0.2) is 0 Å². The summed E-state index contributed by atoms with van der Waals surface area (Å²) in [7, 11) is 0. The molecule has 0 spiro atoms. The van der Waals surface area contributed by atoms with Crippen LogP contribution in [-0.2, 0) is 4.74 Å². The fraction of sp³-hybridized carbons (Fsp3) is 1.00. The molecule has 0 radical (unpaired) electrons. The van der Waals surface area contributed by atoms with E-state index in [0.717, 1.165) is 19.5 Å². The van der Waals surface area contributed by atoms with Crippen LogP contribution in [0.25, 0.3) is 0 Å². The molecule has 3 nitrogen and oxygen atoms in total. The molecular formula is C8H16ClF3N2O. The Morgan fingerprint density at radius 2 is 2.07 bits per heavy atom. The summed E-state index contributed by atoms with van der Waals surface area (Å²) < 4.78 is 39.5. The molecule has 0 aliphatic carbocycles. The first-order chi connectivity index (χ1) is 6.47. The van der Waals surface area contributed by atoms with Crippen molar-refractivity contribution in [2.24, 2.45) is 5.73 Å². The lowest BCUT2D eigenvalue weighted by atomic mass is 10.3. The quantitative estimate of drug-likeness (QED) is 0.755. The van der Waals surface area contributed by atoms with Crippen LogP contribution in [0.3, 0.4) is 0 Å². The Bertz CT molecular complexity index is 180. The van der Waals surface area contributed by atoms with E-state index in [-0.39, 0.29) is 25.1 Å². The number of nitrogens with zero attached hydrogens (tertiary/aromatic N) is 1. The molecule has 2 N–H and O–H groups in total. The number of likely N-dealkylation sites (tertiary alicyclic amines) is 1. The van der Waals surface area contributed by atoms with Gasteiger partial charge in [0.2, 0.25) is 0 Å². The van der Waals surface area contributed by atoms with Gasteiger partial charge in [0.15, 0.2) is 0 Å². The van der Waals surface area contributed by atoms with E-state index in [1.807, 2.05) is 4.90 Å². The molecule has 0 unspecified atom stereocenters. The minimum absolute atomic E-state index is 0. The predicted octanol–water partition coefficient (Wildman–Crippen LogP) is 1.02. The Morgan fingerprint density at radius 1 is 1.40 bits per heavy atom. The summed E-state index contributed by atoms with van der Waals surface area (Å²) in [6.45, 7) is 1.11. The lowest BCUT2D eigenvalue weighted by Crippen LogP contribution is -2.30. The highest BCUT2D eigenvalue weighted by Crippen LogP contribution is 2.14. The average Bonchev–Trinajstić information content (AvgIpc) is 2.44. The molecule has 1 aliphatic rings. The Kier molecular flexibility index (Phi) is 6.51. The van der Waals surface area contributed by atoms with Crippen LogP contribution in [0.2, 0.25) is 0 Å². The van der Waals surface area contributed by atoms with Gasteiger partial charge in [-0.15, -0.1) is 12.4 Å². The van der Waals surface area contributed by atoms with Gasteiger partial charge >= 0.3 is 6.18 Å². The second-order valence-electron chi connectivity index (χ2n) is 3.52. The van der Waals surface area contributed by atoms with Crippen molar-refractivity contribution in [1.29, 1.82) is 0 Å². The van der Waals surface area contributed by atoms with Crippen LogP contribution in [0.5, 0.6) is 0 Å². The van der Waals surface area contributed by atoms with Crippen molar-refractivity contribution in [3.05, 3.63) is 0 Å². The molecule has 0 aromatic carbocycles. The minimum atomic E-state index is -4.22. The summed E-state index contributed by atoms with van der Waals surface area (Å²) in [6, 6.07) is 0.164. The number of nitrogens with two attached hydrogens (primary N) is 1. The van der Waals surface area contributed by atoms with Crippen molar-refractivity contribution < 1.29 is 17.9 Å². The predicted molar refractivity (Wildman–Crippen MR) is 53.2 cm³/mol. The van der Waals surface area contributed by atoms with Gasteiger partial charge in [0.1, 0.15) is 6.61 Å². The second-order valence-corrected chi connectivity index (χ2v) is 3.52. The van der Waals surface area contributed by atoms with Crippen LogP contribution in [-0.4, -0.2) is 50.0 Å². The third-order valence-corrected chi connectivity index (χ3v) is 2.13. The maximum atomic E-state index is 11.7. The molecule has 1 fully saturated rings. The summed E-state index contributed by atoms with van der Waals surface area (Å²) in [5, 5.41) is 0. The van der Waals surface area contributed by atoms with Crippen molar-refractivity contribution >= 4 is 12.4 Å². The second kappa shape index (κ2) is 6.52. The SMILES string of the molecule is Cl.N[C@@H]1CCN(CCOCC(F)(F)F)C1. The fourth-order valence-corrected chi connectivity index (χ4v) is 1.45. The zero-order valence-corrected chi connectivity index (χ0v) is 9.11. The zero-order valence-electron chi connectivity index (χ0n) is 8.29. The van der Waals surface area contributed by atoms with Gasteiger partial charge in [0, 0.05) is 19.1 Å². The Labute approximate surface area is 93.2 Å². The van der Waals surface area contributed by atoms with Gasteiger partial charge in [-0.3, -0.25) is 4.90 Å². The zero-order chi connectivity index (χ0) is 10.6. The van der Waals surface area contributed by atoms with Crippen molar-refractivity contribution in [3.8, 4) is 0 Å². The van der Waals surface area contributed by atoms with E-state index in [4.69, 9.17) is 5.73 Å². The minimum Gasteiger partial charge on any atom is -0.371 e. The van der Waals surface area contributed by atoms with Gasteiger partial charge in [-0.2, -0.15) is 13.2 Å². The number of ether oxygens (including phenoxy) is 1. The maximum Gasteiger partial charge on any atom is 0.411 e. The molecule has 92 valence electrons. The Balaban J connectivity index is 0.00000196. The Morgan fingerprint density at radius 3 is 2.53 bits per heavy atom. The average molecular weight is 249 g/mol. The van der Waals surface area contributed by atoms with E-state index in [1.165, 1.54) is 0 Å². The molecule has 0 saturated carbocycles. The Hall–Kier alpha value is -0.0400. The maximum absolute atomic E-state index is 11.7. The first-order valence-electron chi connectivity index (χ1n) is 4.60. The van der Waals surface area contributed by atoms with E-state index in [0.29, 0.717) is 6.54 Å². The smallest absolute Gasteiger partial charge is 0.371 e. The van der Waals surface area contributed by atoms with Gasteiger partial charge in [0.05, 0.1) is 6.61 Å². The molecule has 0 aromatic rings. The standard InChI is InChI=1S/C8H15F3N2O.ClH/c9-8(10,11)6-14-4-3-13-2-1-7(12)5-13;/h7H,1-6,12H2;1H/t7-;/m1./s1. The van der Waals surface area contributed by atoms with Crippen LogP contribution in [0, 0.1) is 0 Å². The number of hydrogen-bond acceptors (Lipinski definition) is 3. The van der Waals surface area contributed by atoms with E-state index < -0.39 is 12.8 Å². The molecule has 15 heavy (non-hydrogen) atoms. The number of alkyl halides is 3. The molecular weight excluding hydrogens is 233 g/mol. The summed E-state index contributed by atoms with van der Waals surface area (Å²) >= 11 is 0. The van der Waals surface area contributed by atoms with Crippen LogP contribution in [0.4, 0.5) is 13.2 Å². The van der Waals surface area contributed by atoms with Gasteiger partial charge in [0.25, 0.3) is 0 Å². The van der Waals surface area contributed by atoms with Gasteiger partial charge in [-0.1, -0.05) is 0 Å². The summed E-state index contributed by atoms with van der Waals surface area (Å²) in [5.41, 5.74) is 5.64. The number of rotatable bonds is 4. The third kappa shape index (κ3) is 6.94. The highest BCUT2D eigenvalue weighted by atomic mass is 35.5. The lowest BCUT2D eigenvalue weighted by molar-refractivity contribution is -0.174. The van der Waals surface area contributed by atoms with Gasteiger partial charge < -0.3 is 10.5 Å². The van der Waals surface area contributed by atoms with E-state index in [9.17, 15) is 13.2 Å². The normalized spacial score (nSPS) is 22.8. The van der Waals surface area contributed by atoms with Crippen molar-refractivity contribution in [2.75, 3.05) is 32.8 Å². The fourth-order valence-electron chi connectivity index (χ4n) is 1.45. The molecule has 1 heterocycles. The molecule has 0 aromatic heterocycles. The molecule has 1 saturated heterocycles. The number of halogens is 4. The molecule has 0 bridgehead atoms. The summed E-state index contributed by atoms with van der Waals surface area (Å²) in [6.07, 6.45) is -3.30. The van der Waals surface area contributed by atoms with Gasteiger partial charge in [-0.25, -0.2) is 0 Å². The first-order valence-corrected chi connectivity index (χ1v) is 4.60. The molecule has 1 rings (SSSR count). The topological polar surface area (TPSA) is 38.5 Å². The third-order valence-electron chi connectivity index (χ3n) is 2.13. The first kappa shape index (κ1) is 15.0. The van der Waals surface area contributed by atoms with Crippen LogP contribution < -0.4 is 5.73 Å². The molecule has 1 aliphatic heterocycles. The highest BCUT2D eigenvalue weighted by molar-refractivity contribution is 5.85.